The lowest BCUT2D eigenvalue weighted by Crippen LogP contribution is -2.13. The van der Waals surface area contributed by atoms with Gasteiger partial charge in [-0.25, -0.2) is 9.97 Å². The number of aromatic nitrogens is 2. The molecule has 1 aromatic carbocycles. The number of benzene rings is 1. The summed E-state index contributed by atoms with van der Waals surface area (Å²) in [5.74, 6) is 0.224. The molecule has 0 spiro atoms. The first-order valence-corrected chi connectivity index (χ1v) is 8.09. The molecule has 0 bridgehead atoms. The molecule has 0 unspecified atom stereocenters. The van der Waals surface area contributed by atoms with Crippen molar-refractivity contribution in [1.29, 1.82) is 0 Å². The molecule has 122 valence electrons. The van der Waals surface area contributed by atoms with E-state index in [1.54, 1.807) is 41.7 Å². The first kappa shape index (κ1) is 15.9. The second kappa shape index (κ2) is 7.10. The van der Waals surface area contributed by atoms with Crippen LogP contribution in [0, 0.1) is 6.92 Å². The van der Waals surface area contributed by atoms with Crippen LogP contribution >= 0.6 is 11.3 Å². The van der Waals surface area contributed by atoms with Crippen LogP contribution in [0.15, 0.2) is 48.0 Å². The molecule has 3 aromatic rings. The number of carbonyl (C=O) groups is 1. The number of aromatic hydroxyl groups is 1. The van der Waals surface area contributed by atoms with Gasteiger partial charge in [0.2, 0.25) is 0 Å². The number of carbonyl (C=O) groups excluding carboxylic acids is 1. The summed E-state index contributed by atoms with van der Waals surface area (Å²) in [5.41, 5.74) is 1.26. The highest BCUT2D eigenvalue weighted by Gasteiger charge is 2.10. The number of hydrogen-bond donors (Lipinski definition) is 2. The highest BCUT2D eigenvalue weighted by Crippen LogP contribution is 2.21. The minimum atomic E-state index is -0.376. The van der Waals surface area contributed by atoms with Crippen molar-refractivity contribution in [3.63, 3.8) is 0 Å². The Morgan fingerprint density at radius 2 is 2.21 bits per heavy atom. The quantitative estimate of drug-likeness (QED) is 0.743. The fraction of sp³-hybridized carbons (Fsp3) is 0.118. The van der Waals surface area contributed by atoms with Gasteiger partial charge in [-0.2, -0.15) is 0 Å². The molecule has 0 aliphatic carbocycles. The Kier molecular flexibility index (Phi) is 4.72. The SMILES string of the molecule is Cc1nc(COc2cccc(C(=O)Nc3ncccc3O)c2)cs1. The first-order chi connectivity index (χ1) is 11.6. The third-order valence-corrected chi connectivity index (χ3v) is 3.99. The minimum absolute atomic E-state index is 0.0860. The van der Waals surface area contributed by atoms with E-state index >= 15 is 0 Å². The van der Waals surface area contributed by atoms with E-state index in [9.17, 15) is 9.90 Å². The van der Waals surface area contributed by atoms with Crippen LogP contribution in [0.5, 0.6) is 11.5 Å². The van der Waals surface area contributed by atoms with E-state index in [1.807, 2.05) is 12.3 Å². The average molecular weight is 341 g/mol. The van der Waals surface area contributed by atoms with Gasteiger partial charge in [0.15, 0.2) is 11.6 Å². The number of hydrogen-bond acceptors (Lipinski definition) is 6. The Labute approximate surface area is 142 Å². The number of aryl methyl sites for hydroxylation is 1. The molecule has 2 aromatic heterocycles. The molecular weight excluding hydrogens is 326 g/mol. The summed E-state index contributed by atoms with van der Waals surface area (Å²) in [6.07, 6.45) is 1.49. The average Bonchev–Trinajstić information content (AvgIpc) is 3.01. The molecule has 2 heterocycles. The molecule has 0 fully saturated rings. The van der Waals surface area contributed by atoms with Crippen LogP contribution in [0.3, 0.4) is 0 Å². The van der Waals surface area contributed by atoms with Crippen LogP contribution in [0.1, 0.15) is 21.1 Å². The lowest BCUT2D eigenvalue weighted by atomic mass is 10.2. The number of amides is 1. The summed E-state index contributed by atoms with van der Waals surface area (Å²) in [4.78, 5) is 20.5. The van der Waals surface area contributed by atoms with Crippen molar-refractivity contribution in [2.45, 2.75) is 13.5 Å². The van der Waals surface area contributed by atoms with E-state index in [2.05, 4.69) is 15.3 Å². The molecule has 1 amide bonds. The zero-order chi connectivity index (χ0) is 16.9. The van der Waals surface area contributed by atoms with Gasteiger partial charge in [0.1, 0.15) is 12.4 Å². The van der Waals surface area contributed by atoms with Crippen LogP contribution in [-0.4, -0.2) is 21.0 Å². The fourth-order valence-electron chi connectivity index (χ4n) is 2.03. The van der Waals surface area contributed by atoms with E-state index in [0.29, 0.717) is 17.9 Å². The van der Waals surface area contributed by atoms with Crippen molar-refractivity contribution in [2.75, 3.05) is 5.32 Å². The summed E-state index contributed by atoms with van der Waals surface area (Å²) in [7, 11) is 0. The van der Waals surface area contributed by atoms with Gasteiger partial charge in [-0.15, -0.1) is 11.3 Å². The van der Waals surface area contributed by atoms with Crippen molar-refractivity contribution in [1.82, 2.24) is 9.97 Å². The van der Waals surface area contributed by atoms with Gasteiger partial charge >= 0.3 is 0 Å². The molecule has 0 radical (unpaired) electrons. The molecule has 2 N–H and O–H groups in total. The maximum atomic E-state index is 12.3. The molecule has 0 aliphatic heterocycles. The second-order valence-corrected chi connectivity index (χ2v) is 6.06. The number of nitrogens with zero attached hydrogens (tertiary/aromatic N) is 2. The van der Waals surface area contributed by atoms with Crippen LogP contribution in [0.4, 0.5) is 5.82 Å². The zero-order valence-corrected chi connectivity index (χ0v) is 13.7. The predicted octanol–water partition coefficient (Wildman–Crippen LogP) is 3.38. The van der Waals surface area contributed by atoms with Crippen molar-refractivity contribution in [3.8, 4) is 11.5 Å². The second-order valence-electron chi connectivity index (χ2n) is 5.00. The molecule has 3 rings (SSSR count). The van der Waals surface area contributed by atoms with Crippen molar-refractivity contribution in [2.24, 2.45) is 0 Å². The fourth-order valence-corrected chi connectivity index (χ4v) is 2.63. The molecule has 6 nitrogen and oxygen atoms in total. The van der Waals surface area contributed by atoms with Gasteiger partial charge in [-0.3, -0.25) is 4.79 Å². The van der Waals surface area contributed by atoms with E-state index in [0.717, 1.165) is 10.7 Å². The Morgan fingerprint density at radius 3 is 2.96 bits per heavy atom. The third kappa shape index (κ3) is 3.88. The number of ether oxygens (including phenoxy) is 1. The van der Waals surface area contributed by atoms with Gasteiger partial charge in [0.05, 0.1) is 10.7 Å². The maximum Gasteiger partial charge on any atom is 0.257 e. The van der Waals surface area contributed by atoms with Crippen molar-refractivity contribution < 1.29 is 14.6 Å². The molecular formula is C17H15N3O3S. The normalized spacial score (nSPS) is 10.4. The Hall–Kier alpha value is -2.93. The van der Waals surface area contributed by atoms with E-state index in [-0.39, 0.29) is 17.5 Å². The monoisotopic (exact) mass is 341 g/mol. The molecule has 24 heavy (non-hydrogen) atoms. The number of nitrogens with one attached hydrogen (secondary N) is 1. The summed E-state index contributed by atoms with van der Waals surface area (Å²) in [5, 5.41) is 15.2. The lowest BCUT2D eigenvalue weighted by Gasteiger charge is -2.08. The number of rotatable bonds is 5. The summed E-state index contributed by atoms with van der Waals surface area (Å²) in [6.45, 7) is 2.28. The lowest BCUT2D eigenvalue weighted by molar-refractivity contribution is 0.102. The molecule has 0 saturated carbocycles. The van der Waals surface area contributed by atoms with Crippen LogP contribution in [0.25, 0.3) is 0 Å². The summed E-state index contributed by atoms with van der Waals surface area (Å²) >= 11 is 1.56. The molecule has 0 atom stereocenters. The van der Waals surface area contributed by atoms with Gasteiger partial charge in [-0.1, -0.05) is 6.07 Å². The van der Waals surface area contributed by atoms with Gasteiger partial charge in [-0.05, 0) is 37.3 Å². The Balaban J connectivity index is 1.68. The topological polar surface area (TPSA) is 84.3 Å². The molecule has 0 aliphatic rings. The largest absolute Gasteiger partial charge is 0.504 e. The first-order valence-electron chi connectivity index (χ1n) is 7.21. The van der Waals surface area contributed by atoms with E-state index in [1.165, 1.54) is 12.3 Å². The highest BCUT2D eigenvalue weighted by molar-refractivity contribution is 7.09. The van der Waals surface area contributed by atoms with Gasteiger partial charge < -0.3 is 15.2 Å². The summed E-state index contributed by atoms with van der Waals surface area (Å²) in [6, 6.07) is 9.84. The highest BCUT2D eigenvalue weighted by atomic mass is 32.1. The van der Waals surface area contributed by atoms with E-state index < -0.39 is 0 Å². The number of anilines is 1. The summed E-state index contributed by atoms with van der Waals surface area (Å²) < 4.78 is 5.67. The zero-order valence-electron chi connectivity index (χ0n) is 12.9. The van der Waals surface area contributed by atoms with Crippen LogP contribution in [-0.2, 0) is 6.61 Å². The number of thiazole rings is 1. The minimum Gasteiger partial charge on any atom is -0.504 e. The Bertz CT molecular complexity index is 864. The molecule has 0 saturated heterocycles. The van der Waals surface area contributed by atoms with E-state index in [4.69, 9.17) is 4.74 Å². The molecule has 7 heteroatoms. The third-order valence-electron chi connectivity index (χ3n) is 3.17. The Morgan fingerprint density at radius 1 is 1.33 bits per heavy atom. The van der Waals surface area contributed by atoms with Crippen molar-refractivity contribution >= 4 is 23.1 Å². The number of pyridine rings is 1. The van der Waals surface area contributed by atoms with Crippen LogP contribution in [0.2, 0.25) is 0 Å². The van der Waals surface area contributed by atoms with Gasteiger partial charge in [0, 0.05) is 17.1 Å². The van der Waals surface area contributed by atoms with Gasteiger partial charge in [0.25, 0.3) is 5.91 Å². The standard InChI is InChI=1S/C17H15N3O3S/c1-11-19-13(10-24-11)9-23-14-5-2-4-12(8-14)17(22)20-16-15(21)6-3-7-18-16/h2-8,10,21H,9H2,1H3,(H,18,20,22). The maximum absolute atomic E-state index is 12.3. The van der Waals surface area contributed by atoms with Crippen LogP contribution < -0.4 is 10.1 Å². The smallest absolute Gasteiger partial charge is 0.257 e. The van der Waals surface area contributed by atoms with Crippen molar-refractivity contribution in [3.05, 3.63) is 64.2 Å². The predicted molar refractivity (Wildman–Crippen MR) is 91.5 cm³/mol.